The summed E-state index contributed by atoms with van der Waals surface area (Å²) in [6.07, 6.45) is -1.81. The van der Waals surface area contributed by atoms with Crippen LogP contribution in [0.25, 0.3) is 11.1 Å². The van der Waals surface area contributed by atoms with E-state index in [1.165, 1.54) is 12.1 Å². The molecule has 2 aromatic carbocycles. The lowest BCUT2D eigenvalue weighted by Crippen LogP contribution is -2.52. The smallest absolute Gasteiger partial charge is 0.335 e. The third kappa shape index (κ3) is 5.34. The number of carboxylic acids is 1. The highest BCUT2D eigenvalue weighted by molar-refractivity contribution is 6.39. The lowest BCUT2D eigenvalue weighted by Gasteiger charge is -2.21. The predicted molar refractivity (Wildman–Crippen MR) is 101 cm³/mol. The molecular weight excluding hydrogens is 395 g/mol. The molecule has 0 saturated heterocycles. The van der Waals surface area contributed by atoms with E-state index in [4.69, 9.17) is 45.1 Å². The number of hydrogen-bond acceptors (Lipinski definition) is 8. The molecule has 0 spiro atoms. The van der Waals surface area contributed by atoms with Crippen molar-refractivity contribution in [3.63, 3.8) is 0 Å². The number of halogens is 2. The summed E-state index contributed by atoms with van der Waals surface area (Å²) in [5.41, 5.74) is 23.6. The molecular formula is C15H16Cl2N8O2. The van der Waals surface area contributed by atoms with Crippen LogP contribution in [0.15, 0.2) is 46.7 Å². The average Bonchev–Trinajstić information content (AvgIpc) is 2.61. The fraction of sp³-hybridized carbons (Fsp3) is 0.133. The van der Waals surface area contributed by atoms with E-state index in [0.29, 0.717) is 26.9 Å². The Kier molecular flexibility index (Phi) is 7.02. The summed E-state index contributed by atoms with van der Waals surface area (Å²) in [4.78, 5) is 11.0. The first-order valence-corrected chi connectivity index (χ1v) is 8.20. The van der Waals surface area contributed by atoms with Crippen LogP contribution >= 0.6 is 23.2 Å². The Morgan fingerprint density at radius 3 is 2.22 bits per heavy atom. The van der Waals surface area contributed by atoms with Crippen molar-refractivity contribution in [3.8, 4) is 11.1 Å². The third-order valence-electron chi connectivity index (χ3n) is 3.44. The first-order valence-electron chi connectivity index (χ1n) is 7.45. The molecule has 0 radical (unpaired) electrons. The Balaban J connectivity index is 2.19. The second-order valence-corrected chi connectivity index (χ2v) is 6.07. The van der Waals surface area contributed by atoms with Crippen LogP contribution in [0, 0.1) is 11.1 Å². The molecule has 12 heteroatoms. The van der Waals surface area contributed by atoms with Crippen LogP contribution in [-0.2, 0) is 0 Å². The minimum absolute atomic E-state index is 0.156. The van der Waals surface area contributed by atoms with Gasteiger partial charge in [-0.2, -0.15) is 10.6 Å². The molecule has 0 saturated carbocycles. The monoisotopic (exact) mass is 410 g/mol. The second kappa shape index (κ2) is 9.24. The number of benzene rings is 2. The molecule has 0 aliphatic carbocycles. The third-order valence-corrected chi connectivity index (χ3v) is 4.03. The fourth-order valence-corrected chi connectivity index (χ4v) is 2.97. The molecule has 0 aromatic heterocycles. The molecule has 0 heterocycles. The Hall–Kier alpha value is -2.79. The van der Waals surface area contributed by atoms with Crippen molar-refractivity contribution in [1.29, 1.82) is 11.1 Å². The highest BCUT2D eigenvalue weighted by atomic mass is 35.5. The molecule has 0 aliphatic rings. The van der Waals surface area contributed by atoms with Crippen molar-refractivity contribution >= 4 is 34.9 Å². The molecule has 2 aromatic rings. The number of anilines is 1. The largest absolute Gasteiger partial charge is 0.478 e. The van der Waals surface area contributed by atoms with Gasteiger partial charge in [-0.1, -0.05) is 40.6 Å². The summed E-state index contributed by atoms with van der Waals surface area (Å²) in [7, 11) is 0. The summed E-state index contributed by atoms with van der Waals surface area (Å²) < 4.78 is 0. The zero-order valence-electron chi connectivity index (χ0n) is 13.7. The zero-order chi connectivity index (χ0) is 20.0. The number of nitrogens with two attached hydrogens (primary N) is 1. The average molecular weight is 411 g/mol. The molecule has 0 bridgehead atoms. The highest BCUT2D eigenvalue weighted by Crippen LogP contribution is 2.37. The van der Waals surface area contributed by atoms with Crippen LogP contribution in [0.1, 0.15) is 10.4 Å². The fourth-order valence-electron chi connectivity index (χ4n) is 2.27. The maximum Gasteiger partial charge on any atom is 0.335 e. The number of nitrogens with one attached hydrogen (secondary N) is 5. The number of nitrogens with zero attached hydrogens (tertiary/aromatic N) is 2. The van der Waals surface area contributed by atoms with E-state index in [9.17, 15) is 4.79 Å². The predicted octanol–water partition coefficient (Wildman–Crippen LogP) is 3.45. The van der Waals surface area contributed by atoms with Crippen molar-refractivity contribution in [2.75, 3.05) is 5.32 Å². The van der Waals surface area contributed by atoms with Crippen molar-refractivity contribution in [2.45, 2.75) is 12.6 Å². The van der Waals surface area contributed by atoms with Crippen molar-refractivity contribution in [1.82, 2.24) is 10.7 Å². The van der Waals surface area contributed by atoms with Crippen molar-refractivity contribution < 1.29 is 9.90 Å². The van der Waals surface area contributed by atoms with Gasteiger partial charge in [0.25, 0.3) is 0 Å². The summed E-state index contributed by atoms with van der Waals surface area (Å²) in [6.45, 7) is 0. The number of hydrogen-bond donors (Lipinski definition) is 7. The zero-order valence-corrected chi connectivity index (χ0v) is 15.2. The molecule has 2 unspecified atom stereocenters. The van der Waals surface area contributed by atoms with Gasteiger partial charge in [0.15, 0.2) is 0 Å². The van der Waals surface area contributed by atoms with Gasteiger partial charge in [0.05, 0.1) is 15.6 Å². The van der Waals surface area contributed by atoms with Crippen LogP contribution in [0.3, 0.4) is 0 Å². The molecule has 0 amide bonds. The van der Waals surface area contributed by atoms with E-state index in [-0.39, 0.29) is 5.56 Å². The van der Waals surface area contributed by atoms with Gasteiger partial charge in [0, 0.05) is 11.3 Å². The van der Waals surface area contributed by atoms with Gasteiger partial charge in [-0.25, -0.2) is 15.6 Å². The topological polar surface area (TPSA) is 172 Å². The van der Waals surface area contributed by atoms with Gasteiger partial charge in [0.2, 0.25) is 6.29 Å². The number of rotatable bonds is 9. The number of carbonyl (C=O) groups is 1. The quantitative estimate of drug-likeness (QED) is 0.189. The van der Waals surface area contributed by atoms with Crippen molar-refractivity contribution in [3.05, 3.63) is 52.0 Å². The van der Waals surface area contributed by atoms with Gasteiger partial charge >= 0.3 is 5.97 Å². The van der Waals surface area contributed by atoms with Gasteiger partial charge in [-0.3, -0.25) is 11.2 Å². The van der Waals surface area contributed by atoms with Crippen LogP contribution in [-0.4, -0.2) is 23.7 Å². The second-order valence-electron chi connectivity index (χ2n) is 5.26. The lowest BCUT2D eigenvalue weighted by atomic mass is 10.0. The van der Waals surface area contributed by atoms with Crippen molar-refractivity contribution in [2.24, 2.45) is 16.1 Å². The molecule has 0 aliphatic heterocycles. The molecule has 27 heavy (non-hydrogen) atoms. The summed E-state index contributed by atoms with van der Waals surface area (Å²) in [5.74, 6) is -1.02. The first kappa shape index (κ1) is 20.5. The van der Waals surface area contributed by atoms with E-state index in [1.807, 2.05) is 0 Å². The van der Waals surface area contributed by atoms with Gasteiger partial charge < -0.3 is 10.4 Å². The minimum atomic E-state index is -1.02. The van der Waals surface area contributed by atoms with E-state index in [1.54, 1.807) is 24.3 Å². The van der Waals surface area contributed by atoms with Gasteiger partial charge in [-0.15, -0.1) is 0 Å². The summed E-state index contributed by atoms with van der Waals surface area (Å²) >= 11 is 12.7. The van der Waals surface area contributed by atoms with Gasteiger partial charge in [0.1, 0.15) is 6.29 Å². The molecule has 10 nitrogen and oxygen atoms in total. The Morgan fingerprint density at radius 1 is 1.15 bits per heavy atom. The number of carboxylic acid groups (broad SMARTS) is 1. The maximum atomic E-state index is 11.0. The van der Waals surface area contributed by atoms with Crippen LogP contribution in [0.2, 0.25) is 10.0 Å². The van der Waals surface area contributed by atoms with Crippen LogP contribution in [0.5, 0.6) is 0 Å². The van der Waals surface area contributed by atoms with E-state index >= 15 is 0 Å². The lowest BCUT2D eigenvalue weighted by molar-refractivity contribution is 0.0697. The SMILES string of the molecule is N=NNC(N=N)NC(N)Nc1cc(Cl)c(-c2ccc(C(=O)O)cc2)c(Cl)c1. The van der Waals surface area contributed by atoms with E-state index < -0.39 is 18.5 Å². The first-order chi connectivity index (χ1) is 12.8. The van der Waals surface area contributed by atoms with E-state index in [0.717, 1.165) is 0 Å². The minimum Gasteiger partial charge on any atom is -0.478 e. The summed E-state index contributed by atoms with van der Waals surface area (Å²) in [6, 6.07) is 9.37. The molecule has 0 fully saturated rings. The van der Waals surface area contributed by atoms with E-state index in [2.05, 4.69) is 26.4 Å². The normalized spacial score (nSPS) is 12.7. The molecule has 2 atom stereocenters. The molecule has 2 rings (SSSR count). The molecule has 8 N–H and O–H groups in total. The molecule has 142 valence electrons. The Bertz CT molecular complexity index is 823. The standard InChI is InChI=1S/C15H16Cl2N8O2/c16-10-5-9(21-14(18)22-15(23-19)24-25-20)6-11(17)12(10)7-1-3-8(4-2-7)13(26)27/h1-6,14-15,19,21-22H,18H2,(H2,20,24)(H,26,27). The summed E-state index contributed by atoms with van der Waals surface area (Å²) in [5, 5.41) is 21.3. The number of aromatic carboxylic acids is 1. The Labute approximate surface area is 164 Å². The van der Waals surface area contributed by atoms with Crippen LogP contribution < -0.4 is 21.8 Å². The Morgan fingerprint density at radius 2 is 1.74 bits per heavy atom. The highest BCUT2D eigenvalue weighted by Gasteiger charge is 2.14. The van der Waals surface area contributed by atoms with Crippen LogP contribution in [0.4, 0.5) is 5.69 Å². The van der Waals surface area contributed by atoms with Gasteiger partial charge in [-0.05, 0) is 29.8 Å². The maximum absolute atomic E-state index is 11.0.